The number of carbonyl (C=O) groups excluding carboxylic acids is 2. The summed E-state index contributed by atoms with van der Waals surface area (Å²) in [6.07, 6.45) is 0.664. The minimum atomic E-state index is -0.895. The van der Waals surface area contributed by atoms with Gasteiger partial charge in [0.1, 0.15) is 17.6 Å². The maximum Gasteiger partial charge on any atom is 0.261 e. The Bertz CT molecular complexity index is 1270. The molecular formula is C31H29FN2O3. The van der Waals surface area contributed by atoms with Crippen molar-refractivity contribution in [1.29, 1.82) is 0 Å². The molecule has 188 valence electrons. The average Bonchev–Trinajstić information content (AvgIpc) is 2.94. The molecule has 1 N–H and O–H groups in total. The zero-order chi connectivity index (χ0) is 25.9. The van der Waals surface area contributed by atoms with Crippen molar-refractivity contribution in [2.45, 2.75) is 19.0 Å². The van der Waals surface area contributed by atoms with E-state index in [9.17, 15) is 14.0 Å². The number of hydrogen-bond acceptors (Lipinski definition) is 3. The predicted octanol–water partition coefficient (Wildman–Crippen LogP) is 5.33. The molecule has 0 bridgehead atoms. The van der Waals surface area contributed by atoms with Gasteiger partial charge in [-0.2, -0.15) is 0 Å². The first-order valence-corrected chi connectivity index (χ1v) is 12.2. The predicted molar refractivity (Wildman–Crippen MR) is 141 cm³/mol. The highest BCUT2D eigenvalue weighted by atomic mass is 19.1. The van der Waals surface area contributed by atoms with E-state index in [0.29, 0.717) is 29.8 Å². The van der Waals surface area contributed by atoms with Crippen molar-refractivity contribution in [3.05, 3.63) is 138 Å². The molecule has 37 heavy (non-hydrogen) atoms. The van der Waals surface area contributed by atoms with Crippen LogP contribution in [-0.2, 0) is 22.6 Å². The van der Waals surface area contributed by atoms with E-state index in [1.807, 2.05) is 78.9 Å². The molecule has 5 nitrogen and oxygen atoms in total. The third-order valence-electron chi connectivity index (χ3n) is 5.92. The van der Waals surface area contributed by atoms with Crippen molar-refractivity contribution in [3.8, 4) is 5.75 Å². The van der Waals surface area contributed by atoms with Crippen LogP contribution in [0.3, 0.4) is 0 Å². The van der Waals surface area contributed by atoms with Crippen molar-refractivity contribution in [2.24, 2.45) is 0 Å². The van der Waals surface area contributed by atoms with Gasteiger partial charge in [0.05, 0.1) is 0 Å². The Kier molecular flexibility index (Phi) is 9.02. The molecule has 1 atom stereocenters. The molecule has 0 aliphatic rings. The lowest BCUT2D eigenvalue weighted by atomic mass is 10.0. The molecule has 0 fully saturated rings. The third kappa shape index (κ3) is 7.51. The monoisotopic (exact) mass is 496 g/mol. The molecule has 0 saturated carbocycles. The molecule has 4 aromatic rings. The molecule has 0 heterocycles. The van der Waals surface area contributed by atoms with Crippen LogP contribution in [0.1, 0.15) is 22.7 Å². The van der Waals surface area contributed by atoms with E-state index in [1.54, 1.807) is 24.3 Å². The second kappa shape index (κ2) is 13.0. The number of ether oxygens (including phenoxy) is 1. The smallest absolute Gasteiger partial charge is 0.261 e. The van der Waals surface area contributed by atoms with Gasteiger partial charge in [-0.15, -0.1) is 0 Å². The summed E-state index contributed by atoms with van der Waals surface area (Å²) in [6.45, 7) is 0.292. The Hall–Kier alpha value is -4.45. The Morgan fingerprint density at radius 3 is 2.00 bits per heavy atom. The Morgan fingerprint density at radius 2 is 1.35 bits per heavy atom. The summed E-state index contributed by atoms with van der Waals surface area (Å²) < 4.78 is 19.3. The molecular weight excluding hydrogens is 467 g/mol. The van der Waals surface area contributed by atoms with E-state index in [0.717, 1.165) is 5.56 Å². The van der Waals surface area contributed by atoms with Gasteiger partial charge in [0.15, 0.2) is 6.61 Å². The summed E-state index contributed by atoms with van der Waals surface area (Å²) in [5.41, 5.74) is 2.48. The molecule has 0 aromatic heterocycles. The number of benzene rings is 4. The number of nitrogens with one attached hydrogen (secondary N) is 1. The highest BCUT2D eigenvalue weighted by molar-refractivity contribution is 5.89. The number of amides is 2. The van der Waals surface area contributed by atoms with E-state index in [1.165, 1.54) is 17.0 Å². The van der Waals surface area contributed by atoms with E-state index < -0.39 is 6.04 Å². The lowest BCUT2D eigenvalue weighted by molar-refractivity contribution is -0.143. The first-order chi connectivity index (χ1) is 18.1. The van der Waals surface area contributed by atoms with Gasteiger partial charge in [-0.25, -0.2) is 4.39 Å². The summed E-state index contributed by atoms with van der Waals surface area (Å²) in [5, 5.41) is 3.00. The van der Waals surface area contributed by atoms with Crippen molar-refractivity contribution in [3.63, 3.8) is 0 Å². The molecule has 0 unspecified atom stereocenters. The molecule has 4 rings (SSSR count). The van der Waals surface area contributed by atoms with Gasteiger partial charge in [0.2, 0.25) is 5.91 Å². The summed E-state index contributed by atoms with van der Waals surface area (Å²) in [6, 6.07) is 33.1. The van der Waals surface area contributed by atoms with E-state index in [-0.39, 0.29) is 30.8 Å². The first-order valence-electron chi connectivity index (χ1n) is 12.2. The van der Waals surface area contributed by atoms with Gasteiger partial charge in [0, 0.05) is 13.1 Å². The molecule has 0 aliphatic heterocycles. The number of rotatable bonds is 11. The molecule has 0 aliphatic carbocycles. The van der Waals surface area contributed by atoms with E-state index in [2.05, 4.69) is 5.32 Å². The largest absolute Gasteiger partial charge is 0.484 e. The maximum absolute atomic E-state index is 13.6. The molecule has 2 amide bonds. The summed E-state index contributed by atoms with van der Waals surface area (Å²) >= 11 is 0. The minimum Gasteiger partial charge on any atom is -0.484 e. The zero-order valence-electron chi connectivity index (χ0n) is 20.4. The summed E-state index contributed by atoms with van der Waals surface area (Å²) in [4.78, 5) is 28.6. The van der Waals surface area contributed by atoms with Crippen molar-refractivity contribution < 1.29 is 18.7 Å². The van der Waals surface area contributed by atoms with E-state index >= 15 is 0 Å². The van der Waals surface area contributed by atoms with Gasteiger partial charge < -0.3 is 15.0 Å². The van der Waals surface area contributed by atoms with Crippen molar-refractivity contribution >= 4 is 11.8 Å². The van der Waals surface area contributed by atoms with Crippen LogP contribution in [0.15, 0.2) is 115 Å². The molecule has 0 radical (unpaired) electrons. The maximum atomic E-state index is 13.6. The van der Waals surface area contributed by atoms with Gasteiger partial charge in [0.25, 0.3) is 5.91 Å². The Labute approximate surface area is 216 Å². The van der Waals surface area contributed by atoms with Crippen LogP contribution in [0.4, 0.5) is 4.39 Å². The topological polar surface area (TPSA) is 58.6 Å². The summed E-state index contributed by atoms with van der Waals surface area (Å²) in [5.74, 6) is -0.467. The fraction of sp³-hybridized carbons (Fsp3) is 0.161. The minimum absolute atomic E-state index is 0.114. The van der Waals surface area contributed by atoms with Gasteiger partial charge in [-0.3, -0.25) is 9.59 Å². The van der Waals surface area contributed by atoms with Gasteiger partial charge in [-0.1, -0.05) is 91.0 Å². The van der Waals surface area contributed by atoms with Crippen LogP contribution in [0.2, 0.25) is 0 Å². The quantitative estimate of drug-likeness (QED) is 0.305. The van der Waals surface area contributed by atoms with Crippen LogP contribution in [0, 0.1) is 5.82 Å². The second-order valence-corrected chi connectivity index (χ2v) is 8.59. The number of para-hydroxylation sites is 1. The molecule has 4 aromatic carbocycles. The van der Waals surface area contributed by atoms with Crippen LogP contribution >= 0.6 is 0 Å². The Balaban J connectivity index is 1.58. The average molecular weight is 497 g/mol. The molecule has 6 heteroatoms. The van der Waals surface area contributed by atoms with Gasteiger partial charge >= 0.3 is 0 Å². The zero-order valence-corrected chi connectivity index (χ0v) is 20.4. The fourth-order valence-electron chi connectivity index (χ4n) is 4.03. The molecule has 0 spiro atoms. The summed E-state index contributed by atoms with van der Waals surface area (Å²) in [7, 11) is 0. The normalized spacial score (nSPS) is 11.4. The number of halogens is 1. The second-order valence-electron chi connectivity index (χ2n) is 8.59. The number of nitrogens with zero attached hydrogens (tertiary/aromatic N) is 1. The third-order valence-corrected chi connectivity index (χ3v) is 5.92. The highest BCUT2D eigenvalue weighted by Crippen LogP contribution is 2.24. The fourth-order valence-corrected chi connectivity index (χ4v) is 4.03. The Morgan fingerprint density at radius 1 is 0.757 bits per heavy atom. The molecule has 0 saturated heterocycles. The van der Waals surface area contributed by atoms with Crippen molar-refractivity contribution in [2.75, 3.05) is 13.2 Å². The van der Waals surface area contributed by atoms with Crippen LogP contribution in [-0.4, -0.2) is 29.9 Å². The lowest BCUT2D eigenvalue weighted by Gasteiger charge is -2.31. The van der Waals surface area contributed by atoms with Gasteiger partial charge in [-0.05, 0) is 47.4 Å². The SMILES string of the molecule is O=C(NCCc1ccccc1)[C@@H](c1ccccc1)N(Cc1ccc(F)cc1)C(=O)COc1ccccc1. The standard InChI is InChI=1S/C31H29FN2O3/c32-27-18-16-25(17-19-27)22-34(29(35)23-37-28-14-8-3-9-15-28)30(26-12-6-2-7-13-26)31(36)33-21-20-24-10-4-1-5-11-24/h1-19,30H,20-23H2,(H,33,36)/t30-/m1/s1. The first kappa shape index (κ1) is 25.6. The number of hydrogen-bond donors (Lipinski definition) is 1. The van der Waals surface area contributed by atoms with E-state index in [4.69, 9.17) is 4.74 Å². The number of carbonyl (C=O) groups is 2. The highest BCUT2D eigenvalue weighted by Gasteiger charge is 2.31. The van der Waals surface area contributed by atoms with Crippen molar-refractivity contribution in [1.82, 2.24) is 10.2 Å². The van der Waals surface area contributed by atoms with Crippen LogP contribution in [0.25, 0.3) is 0 Å². The van der Waals surface area contributed by atoms with Crippen LogP contribution in [0.5, 0.6) is 5.75 Å². The van der Waals surface area contributed by atoms with Crippen LogP contribution < -0.4 is 10.1 Å². The lowest BCUT2D eigenvalue weighted by Crippen LogP contribution is -2.45.